The van der Waals surface area contributed by atoms with Crippen LogP contribution in [-0.4, -0.2) is 41.3 Å². The molecule has 2 atom stereocenters. The Hall–Kier alpha value is -2.78. The highest BCUT2D eigenvalue weighted by Gasteiger charge is 2.46. The van der Waals surface area contributed by atoms with Crippen LogP contribution in [0.25, 0.3) is 0 Å². The van der Waals surface area contributed by atoms with E-state index in [1.165, 1.54) is 37.1 Å². The summed E-state index contributed by atoms with van der Waals surface area (Å²) < 4.78 is 0. The molecule has 0 spiro atoms. The van der Waals surface area contributed by atoms with Crippen molar-refractivity contribution in [3.05, 3.63) is 102 Å². The number of piperidine rings is 3. The molecule has 0 radical (unpaired) electrons. The van der Waals surface area contributed by atoms with Gasteiger partial charge in [0.2, 0.25) is 0 Å². The molecule has 3 aromatic rings. The first-order valence-electron chi connectivity index (χ1n) is 10.7. The molecule has 2 bridgehead atoms. The molecule has 3 aliphatic heterocycles. The average molecular weight is 382 g/mol. The number of rotatable bonds is 5. The summed E-state index contributed by atoms with van der Waals surface area (Å²) in [5.41, 5.74) is 3.71. The lowest BCUT2D eigenvalue weighted by atomic mass is 9.71. The number of aliphatic imine (C=N–C) groups is 1. The highest BCUT2D eigenvalue weighted by molar-refractivity contribution is 5.77. The Labute approximate surface area is 173 Å². The van der Waals surface area contributed by atoms with Crippen LogP contribution >= 0.6 is 0 Å². The van der Waals surface area contributed by atoms with Crippen molar-refractivity contribution < 1.29 is 0 Å². The number of pyridine rings is 1. The zero-order chi connectivity index (χ0) is 19.5. The van der Waals surface area contributed by atoms with Crippen LogP contribution in [0.1, 0.15) is 35.6 Å². The SMILES string of the molecule is C(=N[C@@H]1C2CCN(CC2)[C@H]1C(c1ccccc1)c1ccccc1)c1ccccn1. The van der Waals surface area contributed by atoms with Crippen LogP contribution in [0.3, 0.4) is 0 Å². The van der Waals surface area contributed by atoms with E-state index >= 15 is 0 Å². The van der Waals surface area contributed by atoms with Crippen molar-refractivity contribution in [3.8, 4) is 0 Å². The molecule has 3 aliphatic rings. The first kappa shape index (κ1) is 18.3. The molecule has 1 aromatic heterocycles. The van der Waals surface area contributed by atoms with Gasteiger partial charge in [-0.1, -0.05) is 66.7 Å². The van der Waals surface area contributed by atoms with Crippen LogP contribution in [0.15, 0.2) is 90.1 Å². The molecule has 0 N–H and O–H groups in total. The standard InChI is InChI=1S/C26H27N3/c1-3-9-20(10-4-1)24(21-11-5-2-6-12-21)26-25(22-14-17-29(26)18-15-22)28-19-23-13-7-8-16-27-23/h1-13,16,19,22,24-26H,14-15,17-18H2/t25-,26+/m1/s1. The lowest BCUT2D eigenvalue weighted by molar-refractivity contribution is 0.0215. The van der Waals surface area contributed by atoms with Crippen molar-refractivity contribution in [1.82, 2.24) is 9.88 Å². The maximum absolute atomic E-state index is 5.16. The van der Waals surface area contributed by atoms with Crippen LogP contribution in [0.5, 0.6) is 0 Å². The molecule has 3 saturated heterocycles. The average Bonchev–Trinajstić information content (AvgIpc) is 2.81. The molecule has 4 heterocycles. The summed E-state index contributed by atoms with van der Waals surface area (Å²) in [6.07, 6.45) is 6.33. The Morgan fingerprint density at radius 1 is 0.828 bits per heavy atom. The van der Waals surface area contributed by atoms with E-state index in [4.69, 9.17) is 4.99 Å². The van der Waals surface area contributed by atoms with Gasteiger partial charge in [0.15, 0.2) is 0 Å². The minimum atomic E-state index is 0.296. The molecule has 3 heteroatoms. The second kappa shape index (κ2) is 8.30. The third-order valence-electron chi connectivity index (χ3n) is 6.55. The Kier molecular flexibility index (Phi) is 5.23. The lowest BCUT2D eigenvalue weighted by Gasteiger charge is -2.52. The molecule has 0 amide bonds. The van der Waals surface area contributed by atoms with Crippen molar-refractivity contribution in [3.63, 3.8) is 0 Å². The second-order valence-electron chi connectivity index (χ2n) is 8.19. The van der Waals surface area contributed by atoms with Gasteiger partial charge in [-0.25, -0.2) is 0 Å². The van der Waals surface area contributed by atoms with Crippen LogP contribution in [-0.2, 0) is 0 Å². The zero-order valence-electron chi connectivity index (χ0n) is 16.6. The molecule has 0 saturated carbocycles. The first-order chi connectivity index (χ1) is 14.4. The first-order valence-corrected chi connectivity index (χ1v) is 10.7. The van der Waals surface area contributed by atoms with Gasteiger partial charge in [0.25, 0.3) is 0 Å². The summed E-state index contributed by atoms with van der Waals surface area (Å²) in [4.78, 5) is 12.3. The summed E-state index contributed by atoms with van der Waals surface area (Å²) in [6, 6.07) is 28.7. The van der Waals surface area contributed by atoms with Gasteiger partial charge in [-0.15, -0.1) is 0 Å². The predicted molar refractivity (Wildman–Crippen MR) is 118 cm³/mol. The highest BCUT2D eigenvalue weighted by atomic mass is 15.2. The number of hydrogen-bond acceptors (Lipinski definition) is 3. The molecular formula is C26H27N3. The smallest absolute Gasteiger partial charge is 0.0807 e. The van der Waals surface area contributed by atoms with Crippen LogP contribution in [0.4, 0.5) is 0 Å². The normalized spacial score (nSPS) is 26.2. The van der Waals surface area contributed by atoms with Gasteiger partial charge in [-0.05, 0) is 55.1 Å². The molecule has 29 heavy (non-hydrogen) atoms. The lowest BCUT2D eigenvalue weighted by Crippen LogP contribution is -2.59. The van der Waals surface area contributed by atoms with Gasteiger partial charge < -0.3 is 0 Å². The van der Waals surface area contributed by atoms with E-state index in [0.717, 1.165) is 5.69 Å². The van der Waals surface area contributed by atoms with Gasteiger partial charge in [0.05, 0.1) is 11.7 Å². The van der Waals surface area contributed by atoms with E-state index in [2.05, 4.69) is 70.5 Å². The predicted octanol–water partition coefficient (Wildman–Crippen LogP) is 4.80. The summed E-state index contributed by atoms with van der Waals surface area (Å²) in [5.74, 6) is 0.978. The molecule has 3 nitrogen and oxygen atoms in total. The molecule has 3 fully saturated rings. The third kappa shape index (κ3) is 3.75. The monoisotopic (exact) mass is 381 g/mol. The number of benzene rings is 2. The van der Waals surface area contributed by atoms with Crippen molar-refractivity contribution in [2.75, 3.05) is 13.1 Å². The fraction of sp³-hybridized carbons (Fsp3) is 0.308. The van der Waals surface area contributed by atoms with Gasteiger partial charge in [0.1, 0.15) is 0 Å². The van der Waals surface area contributed by atoms with Crippen molar-refractivity contribution in [2.24, 2.45) is 10.9 Å². The highest BCUT2D eigenvalue weighted by Crippen LogP contribution is 2.43. The molecule has 146 valence electrons. The van der Waals surface area contributed by atoms with Crippen molar-refractivity contribution in [1.29, 1.82) is 0 Å². The van der Waals surface area contributed by atoms with Crippen molar-refractivity contribution >= 4 is 6.21 Å². The van der Waals surface area contributed by atoms with Crippen LogP contribution in [0.2, 0.25) is 0 Å². The van der Waals surface area contributed by atoms with E-state index in [9.17, 15) is 0 Å². The summed E-state index contributed by atoms with van der Waals surface area (Å²) >= 11 is 0. The molecule has 6 rings (SSSR count). The zero-order valence-corrected chi connectivity index (χ0v) is 16.6. The quantitative estimate of drug-likeness (QED) is 0.594. The fourth-order valence-electron chi connectivity index (χ4n) is 5.19. The molecular weight excluding hydrogens is 354 g/mol. The van der Waals surface area contributed by atoms with E-state index in [-0.39, 0.29) is 0 Å². The maximum Gasteiger partial charge on any atom is 0.0807 e. The van der Waals surface area contributed by atoms with E-state index < -0.39 is 0 Å². The molecule has 2 aromatic carbocycles. The minimum absolute atomic E-state index is 0.296. The number of hydrogen-bond donors (Lipinski definition) is 0. The van der Waals surface area contributed by atoms with Gasteiger partial charge in [-0.2, -0.15) is 0 Å². The van der Waals surface area contributed by atoms with Gasteiger partial charge in [0, 0.05) is 24.4 Å². The van der Waals surface area contributed by atoms with E-state index in [1.54, 1.807) is 0 Å². The van der Waals surface area contributed by atoms with Crippen molar-refractivity contribution in [2.45, 2.75) is 30.8 Å². The third-order valence-corrected chi connectivity index (χ3v) is 6.55. The van der Waals surface area contributed by atoms with Crippen LogP contribution in [0, 0.1) is 5.92 Å². The summed E-state index contributed by atoms with van der Waals surface area (Å²) in [6.45, 7) is 2.36. The van der Waals surface area contributed by atoms with E-state index in [1.807, 2.05) is 30.6 Å². The topological polar surface area (TPSA) is 28.5 Å². The summed E-state index contributed by atoms with van der Waals surface area (Å²) in [7, 11) is 0. The Balaban J connectivity index is 1.56. The summed E-state index contributed by atoms with van der Waals surface area (Å²) in [5, 5.41) is 0. The Bertz CT molecular complexity index is 892. The number of aromatic nitrogens is 1. The van der Waals surface area contributed by atoms with Gasteiger partial charge in [-0.3, -0.25) is 14.9 Å². The van der Waals surface area contributed by atoms with Crippen LogP contribution < -0.4 is 0 Å². The number of nitrogens with zero attached hydrogens (tertiary/aromatic N) is 3. The van der Waals surface area contributed by atoms with Gasteiger partial charge >= 0.3 is 0 Å². The Morgan fingerprint density at radius 2 is 1.45 bits per heavy atom. The second-order valence-corrected chi connectivity index (χ2v) is 8.19. The molecule has 0 aliphatic carbocycles. The van der Waals surface area contributed by atoms with E-state index in [0.29, 0.717) is 23.9 Å². The number of fused-ring (bicyclic) bond motifs is 3. The maximum atomic E-state index is 5.16. The largest absolute Gasteiger partial charge is 0.297 e. The fourth-order valence-corrected chi connectivity index (χ4v) is 5.19. The molecule has 0 unspecified atom stereocenters. The minimum Gasteiger partial charge on any atom is -0.297 e. The Morgan fingerprint density at radius 3 is 2.03 bits per heavy atom.